The number of rotatable bonds is 5. The van der Waals surface area contributed by atoms with Gasteiger partial charge >= 0.3 is 0 Å². The number of hydrogen-bond acceptors (Lipinski definition) is 5. The minimum atomic E-state index is -3.04. The summed E-state index contributed by atoms with van der Waals surface area (Å²) in [5, 5.41) is 2.84. The van der Waals surface area contributed by atoms with Crippen LogP contribution in [-0.2, 0) is 14.6 Å². The van der Waals surface area contributed by atoms with Gasteiger partial charge in [0.05, 0.1) is 11.8 Å². The van der Waals surface area contributed by atoms with Crippen molar-refractivity contribution in [2.24, 2.45) is 5.73 Å². The topological polar surface area (TPSA) is 89.3 Å². The second kappa shape index (κ2) is 5.88. The molecule has 0 spiro atoms. The molecule has 7 heteroatoms. The normalized spacial score (nSPS) is 23.0. The SMILES string of the molecule is CS(=O)(=O)CCC(N)C(=O)NC1CCSC1. The van der Waals surface area contributed by atoms with Crippen LogP contribution in [0.2, 0.25) is 0 Å². The average molecular weight is 266 g/mol. The van der Waals surface area contributed by atoms with Gasteiger partial charge in [-0.25, -0.2) is 8.42 Å². The van der Waals surface area contributed by atoms with E-state index in [1.165, 1.54) is 0 Å². The van der Waals surface area contributed by atoms with E-state index in [1.807, 2.05) is 0 Å². The van der Waals surface area contributed by atoms with Gasteiger partial charge in [0.1, 0.15) is 9.84 Å². The summed E-state index contributed by atoms with van der Waals surface area (Å²) in [6.45, 7) is 0. The van der Waals surface area contributed by atoms with Crippen molar-refractivity contribution < 1.29 is 13.2 Å². The first-order valence-corrected chi connectivity index (χ1v) is 8.41. The zero-order valence-corrected chi connectivity index (χ0v) is 10.9. The lowest BCUT2D eigenvalue weighted by molar-refractivity contribution is -0.122. The van der Waals surface area contributed by atoms with E-state index in [4.69, 9.17) is 5.73 Å². The number of amides is 1. The van der Waals surface area contributed by atoms with E-state index in [2.05, 4.69) is 5.32 Å². The first-order valence-electron chi connectivity index (χ1n) is 5.20. The second-order valence-electron chi connectivity index (χ2n) is 4.09. The Hall–Kier alpha value is -0.270. The molecule has 0 aliphatic carbocycles. The van der Waals surface area contributed by atoms with Crippen LogP contribution in [0.4, 0.5) is 0 Å². The monoisotopic (exact) mass is 266 g/mol. The van der Waals surface area contributed by atoms with E-state index in [0.29, 0.717) is 0 Å². The summed E-state index contributed by atoms with van der Waals surface area (Å²) < 4.78 is 21.8. The molecule has 5 nitrogen and oxygen atoms in total. The minimum absolute atomic E-state index is 0.0407. The number of sulfone groups is 1. The Labute approximate surface area is 100 Å². The molecule has 1 aliphatic rings. The van der Waals surface area contributed by atoms with E-state index in [1.54, 1.807) is 11.8 Å². The highest BCUT2D eigenvalue weighted by Crippen LogP contribution is 2.16. The average Bonchev–Trinajstić information content (AvgIpc) is 2.65. The summed E-state index contributed by atoms with van der Waals surface area (Å²) >= 11 is 1.80. The van der Waals surface area contributed by atoms with Gasteiger partial charge in [0.25, 0.3) is 0 Å². The highest BCUT2D eigenvalue weighted by molar-refractivity contribution is 7.99. The molecule has 2 atom stereocenters. The Kier molecular flexibility index (Phi) is 5.07. The van der Waals surface area contributed by atoms with Crippen molar-refractivity contribution in [1.29, 1.82) is 0 Å². The fourth-order valence-electron chi connectivity index (χ4n) is 1.43. The highest BCUT2D eigenvalue weighted by Gasteiger charge is 2.21. The van der Waals surface area contributed by atoms with Gasteiger partial charge in [0, 0.05) is 18.1 Å². The Balaban J connectivity index is 2.29. The number of thioether (sulfide) groups is 1. The van der Waals surface area contributed by atoms with E-state index >= 15 is 0 Å². The Morgan fingerprint density at radius 1 is 1.62 bits per heavy atom. The molecular weight excluding hydrogens is 248 g/mol. The molecule has 16 heavy (non-hydrogen) atoms. The van der Waals surface area contributed by atoms with Gasteiger partial charge in [-0.1, -0.05) is 0 Å². The lowest BCUT2D eigenvalue weighted by Gasteiger charge is -2.15. The third-order valence-electron chi connectivity index (χ3n) is 2.41. The predicted octanol–water partition coefficient (Wildman–Crippen LogP) is -0.630. The van der Waals surface area contributed by atoms with Crippen LogP contribution in [0.1, 0.15) is 12.8 Å². The summed E-state index contributed by atoms with van der Waals surface area (Å²) in [7, 11) is -3.04. The maximum atomic E-state index is 11.6. The largest absolute Gasteiger partial charge is 0.351 e. The predicted molar refractivity (Wildman–Crippen MR) is 66.2 cm³/mol. The van der Waals surface area contributed by atoms with Crippen LogP contribution in [0, 0.1) is 0 Å². The van der Waals surface area contributed by atoms with Crippen molar-refractivity contribution in [3.63, 3.8) is 0 Å². The second-order valence-corrected chi connectivity index (χ2v) is 7.50. The van der Waals surface area contributed by atoms with Crippen molar-refractivity contribution in [2.45, 2.75) is 24.9 Å². The molecule has 0 aromatic carbocycles. The van der Waals surface area contributed by atoms with E-state index in [-0.39, 0.29) is 24.1 Å². The van der Waals surface area contributed by atoms with Gasteiger partial charge in [-0.05, 0) is 18.6 Å². The van der Waals surface area contributed by atoms with Crippen LogP contribution in [0.5, 0.6) is 0 Å². The molecule has 3 N–H and O–H groups in total. The van der Waals surface area contributed by atoms with Crippen LogP contribution >= 0.6 is 11.8 Å². The van der Waals surface area contributed by atoms with Crippen LogP contribution in [0.25, 0.3) is 0 Å². The van der Waals surface area contributed by atoms with E-state index in [0.717, 1.165) is 24.2 Å². The van der Waals surface area contributed by atoms with Gasteiger partial charge in [0.15, 0.2) is 0 Å². The summed E-state index contributed by atoms with van der Waals surface area (Å²) in [4.78, 5) is 11.6. The quantitative estimate of drug-likeness (QED) is 0.691. The highest BCUT2D eigenvalue weighted by atomic mass is 32.2. The number of nitrogens with one attached hydrogen (secondary N) is 1. The smallest absolute Gasteiger partial charge is 0.237 e. The standard InChI is InChI=1S/C9H18N2O3S2/c1-16(13,14)5-3-8(10)9(12)11-7-2-4-15-6-7/h7-8H,2-6,10H2,1H3,(H,11,12). The molecule has 0 radical (unpaired) electrons. The molecule has 0 aromatic heterocycles. The maximum Gasteiger partial charge on any atom is 0.237 e. The molecule has 1 heterocycles. The zero-order valence-electron chi connectivity index (χ0n) is 9.31. The summed E-state index contributed by atoms with van der Waals surface area (Å²) in [6.07, 6.45) is 2.30. The number of hydrogen-bond donors (Lipinski definition) is 2. The molecule has 0 bridgehead atoms. The fraction of sp³-hybridized carbons (Fsp3) is 0.889. The van der Waals surface area contributed by atoms with Crippen molar-refractivity contribution in [2.75, 3.05) is 23.5 Å². The first kappa shape index (κ1) is 13.8. The minimum Gasteiger partial charge on any atom is -0.351 e. The Bertz CT molecular complexity index is 337. The van der Waals surface area contributed by atoms with Crippen LogP contribution in [-0.4, -0.2) is 49.9 Å². The molecule has 1 amide bonds. The zero-order chi connectivity index (χ0) is 12.2. The van der Waals surface area contributed by atoms with Crippen molar-refractivity contribution in [3.8, 4) is 0 Å². The third kappa shape index (κ3) is 5.18. The van der Waals surface area contributed by atoms with Crippen molar-refractivity contribution in [1.82, 2.24) is 5.32 Å². The summed E-state index contributed by atoms with van der Waals surface area (Å²) in [5.41, 5.74) is 5.62. The molecule has 2 unspecified atom stereocenters. The number of carbonyl (C=O) groups is 1. The first-order chi connectivity index (χ1) is 7.38. The lowest BCUT2D eigenvalue weighted by Crippen LogP contribution is -2.46. The van der Waals surface area contributed by atoms with Gasteiger partial charge in [-0.3, -0.25) is 4.79 Å². The molecule has 1 saturated heterocycles. The van der Waals surface area contributed by atoms with Crippen LogP contribution in [0.3, 0.4) is 0 Å². The Morgan fingerprint density at radius 2 is 2.31 bits per heavy atom. The van der Waals surface area contributed by atoms with E-state index in [9.17, 15) is 13.2 Å². The molecule has 94 valence electrons. The van der Waals surface area contributed by atoms with Crippen molar-refractivity contribution in [3.05, 3.63) is 0 Å². The van der Waals surface area contributed by atoms with Crippen LogP contribution < -0.4 is 11.1 Å². The third-order valence-corrected chi connectivity index (χ3v) is 4.55. The maximum absolute atomic E-state index is 11.6. The van der Waals surface area contributed by atoms with Gasteiger partial charge in [-0.2, -0.15) is 11.8 Å². The van der Waals surface area contributed by atoms with Crippen LogP contribution in [0.15, 0.2) is 0 Å². The van der Waals surface area contributed by atoms with Gasteiger partial charge < -0.3 is 11.1 Å². The molecule has 1 aliphatic heterocycles. The van der Waals surface area contributed by atoms with Gasteiger partial charge in [-0.15, -0.1) is 0 Å². The summed E-state index contributed by atoms with van der Waals surface area (Å²) in [5.74, 6) is 1.70. The molecular formula is C9H18N2O3S2. The Morgan fingerprint density at radius 3 is 2.81 bits per heavy atom. The number of nitrogens with two attached hydrogens (primary N) is 1. The molecule has 1 fully saturated rings. The van der Waals surface area contributed by atoms with E-state index < -0.39 is 15.9 Å². The number of carbonyl (C=O) groups excluding carboxylic acids is 1. The van der Waals surface area contributed by atoms with Gasteiger partial charge in [0.2, 0.25) is 5.91 Å². The molecule has 0 saturated carbocycles. The van der Waals surface area contributed by atoms with Crippen molar-refractivity contribution >= 4 is 27.5 Å². The molecule has 1 rings (SSSR count). The lowest BCUT2D eigenvalue weighted by atomic mass is 10.2. The molecule has 0 aromatic rings. The fourth-order valence-corrected chi connectivity index (χ4v) is 3.26. The summed E-state index contributed by atoms with van der Waals surface area (Å²) in [6, 6.07) is -0.526.